The minimum atomic E-state index is -0.401. The molecule has 0 aliphatic carbocycles. The Hall–Kier alpha value is -1.21. The molecule has 12 heavy (non-hydrogen) atoms. The molecule has 1 aromatic rings. The maximum absolute atomic E-state index is 10.8. The van der Waals surface area contributed by atoms with Crippen LogP contribution in [0.5, 0.6) is 0 Å². The van der Waals surface area contributed by atoms with Gasteiger partial charge in [0.25, 0.3) is 0 Å². The predicted octanol–water partition coefficient (Wildman–Crippen LogP) is -1.03. The van der Waals surface area contributed by atoms with E-state index in [4.69, 9.17) is 24.4 Å². The number of aromatic nitrogens is 2. The Morgan fingerprint density at radius 1 is 1.17 bits per heavy atom. The van der Waals surface area contributed by atoms with Crippen LogP contribution in [0.1, 0.15) is 0 Å². The van der Waals surface area contributed by atoms with E-state index in [2.05, 4.69) is 20.0 Å². The van der Waals surface area contributed by atoms with Crippen LogP contribution in [0.2, 0.25) is 0 Å². The van der Waals surface area contributed by atoms with Gasteiger partial charge in [0, 0.05) is 0 Å². The van der Waals surface area contributed by atoms with Crippen molar-refractivity contribution < 1.29 is 0 Å². The van der Waals surface area contributed by atoms with Crippen LogP contribution in [0.25, 0.3) is 0 Å². The first-order valence-electron chi connectivity index (χ1n) is 3.01. The zero-order valence-electron chi connectivity index (χ0n) is 5.62. The van der Waals surface area contributed by atoms with Crippen LogP contribution in [0.15, 0.2) is 14.8 Å². The van der Waals surface area contributed by atoms with Gasteiger partial charge in [-0.15, -0.1) is 0 Å². The number of aromatic amines is 2. The second-order valence-electron chi connectivity index (χ2n) is 2.11. The van der Waals surface area contributed by atoms with Gasteiger partial charge in [-0.05, 0) is 12.2 Å². The fraction of sp³-hybridized carbons (Fsp3) is 0. The van der Waals surface area contributed by atoms with E-state index >= 15 is 0 Å². The molecule has 0 saturated carbocycles. The first kappa shape index (κ1) is 7.44. The Labute approximate surface area is 75.9 Å². The van der Waals surface area contributed by atoms with Crippen LogP contribution in [0.3, 0.4) is 0 Å². The van der Waals surface area contributed by atoms with Crippen molar-refractivity contribution in [3.8, 4) is 0 Å². The molecular weight excluding hydrogens is 196 g/mol. The lowest BCUT2D eigenvalue weighted by Gasteiger charge is -1.81. The molecule has 0 amide bonds. The maximum Gasteiger partial charge on any atom is 0.325 e. The van der Waals surface area contributed by atoms with Crippen molar-refractivity contribution in [2.75, 3.05) is 0 Å². The molecule has 1 aromatic heterocycles. The van der Waals surface area contributed by atoms with Crippen molar-refractivity contribution in [3.05, 3.63) is 26.0 Å². The summed E-state index contributed by atoms with van der Waals surface area (Å²) in [6, 6.07) is 0. The van der Waals surface area contributed by atoms with Gasteiger partial charge in [0.2, 0.25) is 5.11 Å². The molecule has 2 rings (SSSR count). The van der Waals surface area contributed by atoms with Gasteiger partial charge in [-0.1, -0.05) is 12.2 Å². The first-order chi connectivity index (χ1) is 5.66. The second-order valence-corrected chi connectivity index (χ2v) is 2.89. The minimum absolute atomic E-state index is 0.186. The summed E-state index contributed by atoms with van der Waals surface area (Å²) < 4.78 is 0.261. The lowest BCUT2D eigenvalue weighted by Crippen LogP contribution is -2.35. The molecule has 0 fully saturated rings. The van der Waals surface area contributed by atoms with E-state index in [1.807, 2.05) is 0 Å². The minimum Gasteiger partial charge on any atom is -0.296 e. The topological polar surface area (TPSA) is 73.4 Å². The molecule has 0 aromatic carbocycles. The van der Waals surface area contributed by atoms with Gasteiger partial charge < -0.3 is 0 Å². The molecule has 60 valence electrons. The van der Waals surface area contributed by atoms with Crippen LogP contribution in [-0.2, 0) is 0 Å². The summed E-state index contributed by atoms with van der Waals surface area (Å²) in [6.45, 7) is 0. The quantitative estimate of drug-likeness (QED) is 0.523. The van der Waals surface area contributed by atoms with E-state index in [0.717, 1.165) is 0 Å². The van der Waals surface area contributed by atoms with Gasteiger partial charge in [-0.2, -0.15) is 4.99 Å². The summed E-state index contributed by atoms with van der Waals surface area (Å²) in [5.41, 5.74) is -0.0591. The van der Waals surface area contributed by atoms with Crippen LogP contribution in [0.4, 0.5) is 0 Å². The largest absolute Gasteiger partial charge is 0.325 e. The second kappa shape index (κ2) is 2.39. The molecule has 0 unspecified atom stereocenters. The van der Waals surface area contributed by atoms with Crippen molar-refractivity contribution in [2.24, 2.45) is 9.98 Å². The number of hydrogen-bond donors (Lipinski definition) is 2. The monoisotopic (exact) mass is 198 g/mol. The average Bonchev–Trinajstić information content (AvgIpc) is 2.29. The standard InChI is InChI=1S/C5H2N4OS2/c10-4-7-2-1(3(11)9-4)6-5(12)8-2/h(H2,7,8,9,10,11,12). The summed E-state index contributed by atoms with van der Waals surface area (Å²) in [5.74, 6) is 0. The number of H-pyrrole nitrogens is 2. The molecular formula is C5H2N4OS2. The molecule has 0 atom stereocenters. The summed E-state index contributed by atoms with van der Waals surface area (Å²) in [4.78, 5) is 23.3. The van der Waals surface area contributed by atoms with E-state index in [1.54, 1.807) is 0 Å². The SMILES string of the molecule is O=c1[nH]c(=S)c2c([nH]1)=NC(=S)N=2. The van der Waals surface area contributed by atoms with Crippen molar-refractivity contribution in [2.45, 2.75) is 0 Å². The number of hydrogen-bond acceptors (Lipinski definition) is 3. The van der Waals surface area contributed by atoms with Gasteiger partial charge in [-0.25, -0.2) is 9.79 Å². The zero-order valence-corrected chi connectivity index (χ0v) is 7.25. The zero-order chi connectivity index (χ0) is 8.72. The van der Waals surface area contributed by atoms with Crippen molar-refractivity contribution in [1.82, 2.24) is 9.97 Å². The van der Waals surface area contributed by atoms with E-state index in [9.17, 15) is 4.79 Å². The maximum atomic E-state index is 10.8. The third-order valence-electron chi connectivity index (χ3n) is 1.31. The molecule has 7 heteroatoms. The molecule has 2 heterocycles. The van der Waals surface area contributed by atoms with Crippen molar-refractivity contribution in [3.63, 3.8) is 0 Å². The van der Waals surface area contributed by atoms with Crippen LogP contribution < -0.4 is 16.5 Å². The van der Waals surface area contributed by atoms with Gasteiger partial charge in [0.1, 0.15) is 10.00 Å². The Balaban J connectivity index is 3.15. The molecule has 5 nitrogen and oxygen atoms in total. The highest BCUT2D eigenvalue weighted by atomic mass is 32.1. The van der Waals surface area contributed by atoms with Gasteiger partial charge in [-0.3, -0.25) is 9.97 Å². The molecule has 0 saturated heterocycles. The number of thiocarbonyl (C=S) groups is 1. The Morgan fingerprint density at radius 3 is 2.67 bits per heavy atom. The van der Waals surface area contributed by atoms with Crippen LogP contribution >= 0.6 is 24.4 Å². The molecule has 1 aliphatic rings. The summed E-state index contributed by atoms with van der Waals surface area (Å²) in [5, 5.41) is 0.626. The van der Waals surface area contributed by atoms with Gasteiger partial charge in [0.15, 0.2) is 5.49 Å². The lowest BCUT2D eigenvalue weighted by molar-refractivity contribution is 0.976. The highest BCUT2D eigenvalue weighted by Crippen LogP contribution is 1.81. The third kappa shape index (κ3) is 1.03. The molecule has 0 bridgehead atoms. The summed E-state index contributed by atoms with van der Waals surface area (Å²) in [7, 11) is 0. The summed E-state index contributed by atoms with van der Waals surface area (Å²) >= 11 is 9.54. The van der Waals surface area contributed by atoms with Crippen LogP contribution in [-0.4, -0.2) is 15.1 Å². The lowest BCUT2D eigenvalue weighted by atomic mass is 10.6. The molecule has 1 aliphatic heterocycles. The highest BCUT2D eigenvalue weighted by Gasteiger charge is 2.03. The van der Waals surface area contributed by atoms with E-state index in [1.165, 1.54) is 0 Å². The predicted molar refractivity (Wildman–Crippen MR) is 47.2 cm³/mol. The van der Waals surface area contributed by atoms with Crippen molar-refractivity contribution >= 4 is 29.5 Å². The smallest absolute Gasteiger partial charge is 0.296 e. The van der Waals surface area contributed by atoms with E-state index < -0.39 is 5.69 Å². The Kier molecular flexibility index (Phi) is 1.48. The fourth-order valence-electron chi connectivity index (χ4n) is 0.869. The van der Waals surface area contributed by atoms with Gasteiger partial charge in [0.05, 0.1) is 0 Å². The summed E-state index contributed by atoms with van der Waals surface area (Å²) in [6.07, 6.45) is 0. The van der Waals surface area contributed by atoms with E-state index in [-0.39, 0.29) is 9.75 Å². The average molecular weight is 198 g/mol. The molecule has 0 radical (unpaired) electrons. The fourth-order valence-corrected chi connectivity index (χ4v) is 1.29. The highest BCUT2D eigenvalue weighted by molar-refractivity contribution is 7.80. The van der Waals surface area contributed by atoms with Crippen LogP contribution in [0, 0.1) is 4.64 Å². The normalized spacial score (nSPS) is 13.5. The number of fused-ring (bicyclic) bond motifs is 1. The Morgan fingerprint density at radius 2 is 1.92 bits per heavy atom. The molecule has 0 spiro atoms. The number of nitrogens with zero attached hydrogens (tertiary/aromatic N) is 2. The van der Waals surface area contributed by atoms with Gasteiger partial charge >= 0.3 is 5.69 Å². The first-order valence-corrected chi connectivity index (χ1v) is 3.82. The number of nitrogens with one attached hydrogen (secondary N) is 2. The Bertz CT molecular complexity index is 581. The molecule has 2 N–H and O–H groups in total. The van der Waals surface area contributed by atoms with E-state index in [0.29, 0.717) is 10.8 Å². The number of rotatable bonds is 0. The van der Waals surface area contributed by atoms with Crippen molar-refractivity contribution in [1.29, 1.82) is 0 Å². The third-order valence-corrected chi connectivity index (χ3v) is 1.79.